The summed E-state index contributed by atoms with van der Waals surface area (Å²) in [6, 6.07) is 6.32. The molecule has 0 amide bonds. The first kappa shape index (κ1) is 11.0. The van der Waals surface area contributed by atoms with Gasteiger partial charge in [0.05, 0.1) is 11.4 Å². The fraction of sp³-hybridized carbons (Fsp3) is 0.267. The van der Waals surface area contributed by atoms with Crippen LogP contribution in [-0.2, 0) is 0 Å². The zero-order chi connectivity index (χ0) is 12.0. The Morgan fingerprint density at radius 3 is 2.94 bits per heavy atom. The van der Waals surface area contributed by atoms with E-state index in [2.05, 4.69) is 60.1 Å². The minimum atomic E-state index is 0.473. The second-order valence-corrected chi connectivity index (χ2v) is 5.56. The van der Waals surface area contributed by atoms with Crippen molar-refractivity contribution in [3.8, 4) is 0 Å². The van der Waals surface area contributed by atoms with Crippen molar-refractivity contribution < 1.29 is 0 Å². The molecular formula is C15H14BrN. The van der Waals surface area contributed by atoms with Crippen LogP contribution in [0.1, 0.15) is 25.8 Å². The first-order valence-corrected chi connectivity index (χ1v) is 6.77. The van der Waals surface area contributed by atoms with Crippen LogP contribution in [0.15, 0.2) is 45.4 Å². The maximum absolute atomic E-state index is 4.78. The molecule has 17 heavy (non-hydrogen) atoms. The molecule has 0 aromatic heterocycles. The van der Waals surface area contributed by atoms with Crippen LogP contribution in [0, 0.1) is 5.92 Å². The summed E-state index contributed by atoms with van der Waals surface area (Å²) >= 11 is 3.54. The lowest BCUT2D eigenvalue weighted by molar-refractivity contribution is 0.813. The van der Waals surface area contributed by atoms with E-state index in [9.17, 15) is 0 Å². The zero-order valence-corrected chi connectivity index (χ0v) is 11.6. The minimum Gasteiger partial charge on any atom is -0.252 e. The highest BCUT2D eigenvalue weighted by Gasteiger charge is 2.27. The lowest BCUT2D eigenvalue weighted by Crippen LogP contribution is -2.14. The number of fused-ring (bicyclic) bond motifs is 3. The number of hydrogen-bond acceptors (Lipinski definition) is 1. The quantitative estimate of drug-likeness (QED) is 0.696. The smallest absolute Gasteiger partial charge is 0.0713 e. The number of hydrogen-bond donors (Lipinski definition) is 0. The molecule has 1 unspecified atom stereocenters. The van der Waals surface area contributed by atoms with E-state index >= 15 is 0 Å². The normalized spacial score (nSPS) is 21.4. The molecule has 1 aromatic carbocycles. The van der Waals surface area contributed by atoms with Crippen LogP contribution in [0.2, 0.25) is 0 Å². The Balaban J connectivity index is 2.18. The van der Waals surface area contributed by atoms with Crippen LogP contribution in [0.4, 0.5) is 5.69 Å². The largest absolute Gasteiger partial charge is 0.252 e. The molecular weight excluding hydrogens is 274 g/mol. The van der Waals surface area contributed by atoms with Gasteiger partial charge in [-0.15, -0.1) is 0 Å². The first-order valence-electron chi connectivity index (χ1n) is 5.98. The Morgan fingerprint density at radius 2 is 2.18 bits per heavy atom. The molecule has 0 spiro atoms. The molecule has 1 heterocycles. The van der Waals surface area contributed by atoms with Gasteiger partial charge in [-0.05, 0) is 37.6 Å². The van der Waals surface area contributed by atoms with Gasteiger partial charge in [0, 0.05) is 21.5 Å². The molecule has 1 aliphatic carbocycles. The molecule has 1 aliphatic heterocycles. The number of aliphatic imine (C=N–C) groups is 1. The van der Waals surface area contributed by atoms with Crippen LogP contribution >= 0.6 is 15.9 Å². The van der Waals surface area contributed by atoms with Gasteiger partial charge in [0.25, 0.3) is 0 Å². The van der Waals surface area contributed by atoms with Gasteiger partial charge in [0.15, 0.2) is 0 Å². The van der Waals surface area contributed by atoms with Crippen LogP contribution in [-0.4, -0.2) is 5.71 Å². The highest BCUT2D eigenvalue weighted by Crippen LogP contribution is 2.42. The van der Waals surface area contributed by atoms with Crippen molar-refractivity contribution in [3.05, 3.63) is 46.0 Å². The predicted octanol–water partition coefficient (Wildman–Crippen LogP) is 4.90. The number of halogens is 1. The number of benzene rings is 1. The summed E-state index contributed by atoms with van der Waals surface area (Å²) in [4.78, 5) is 4.78. The summed E-state index contributed by atoms with van der Waals surface area (Å²) in [5.74, 6) is 0.473. The van der Waals surface area contributed by atoms with E-state index < -0.39 is 0 Å². The van der Waals surface area contributed by atoms with Crippen LogP contribution < -0.4 is 0 Å². The van der Waals surface area contributed by atoms with Crippen molar-refractivity contribution >= 4 is 32.9 Å². The Hall–Kier alpha value is -1.15. The summed E-state index contributed by atoms with van der Waals surface area (Å²) in [6.07, 6.45) is 5.69. The third-order valence-corrected chi connectivity index (χ3v) is 3.89. The fourth-order valence-electron chi connectivity index (χ4n) is 2.57. The van der Waals surface area contributed by atoms with Gasteiger partial charge < -0.3 is 0 Å². The molecule has 0 bridgehead atoms. The highest BCUT2D eigenvalue weighted by atomic mass is 79.9. The van der Waals surface area contributed by atoms with Crippen LogP contribution in [0.25, 0.3) is 5.57 Å². The van der Waals surface area contributed by atoms with Crippen molar-refractivity contribution in [2.75, 3.05) is 0 Å². The molecule has 0 saturated heterocycles. The topological polar surface area (TPSA) is 12.4 Å². The van der Waals surface area contributed by atoms with Crippen LogP contribution in [0.5, 0.6) is 0 Å². The van der Waals surface area contributed by atoms with E-state index in [-0.39, 0.29) is 0 Å². The van der Waals surface area contributed by atoms with Crippen molar-refractivity contribution in [2.45, 2.75) is 20.3 Å². The Kier molecular flexibility index (Phi) is 2.55. The average Bonchev–Trinajstić information content (AvgIpc) is 2.66. The Bertz CT molecular complexity index is 579. The molecule has 0 fully saturated rings. The third-order valence-electron chi connectivity index (χ3n) is 3.39. The lowest BCUT2D eigenvalue weighted by atomic mass is 9.85. The van der Waals surface area contributed by atoms with E-state index in [1.54, 1.807) is 0 Å². The zero-order valence-electron chi connectivity index (χ0n) is 10.00. The van der Waals surface area contributed by atoms with Gasteiger partial charge in [-0.1, -0.05) is 34.5 Å². The third kappa shape index (κ3) is 1.71. The molecule has 86 valence electrons. The predicted molar refractivity (Wildman–Crippen MR) is 76.8 cm³/mol. The van der Waals surface area contributed by atoms with Gasteiger partial charge in [0.2, 0.25) is 0 Å². The van der Waals surface area contributed by atoms with Crippen molar-refractivity contribution in [3.63, 3.8) is 0 Å². The monoisotopic (exact) mass is 287 g/mol. The Labute approximate surface area is 110 Å². The summed E-state index contributed by atoms with van der Waals surface area (Å²) in [5, 5.41) is 0. The van der Waals surface area contributed by atoms with E-state index in [1.165, 1.54) is 22.4 Å². The average molecular weight is 288 g/mol. The SMILES string of the molecule is CCC1C=C(C)C=C2C1=Nc1ccc(Br)cc12. The fourth-order valence-corrected chi connectivity index (χ4v) is 2.93. The molecule has 0 saturated carbocycles. The van der Waals surface area contributed by atoms with E-state index in [4.69, 9.17) is 4.99 Å². The van der Waals surface area contributed by atoms with Crippen molar-refractivity contribution in [1.82, 2.24) is 0 Å². The van der Waals surface area contributed by atoms with Gasteiger partial charge in [-0.25, -0.2) is 0 Å². The van der Waals surface area contributed by atoms with Crippen LogP contribution in [0.3, 0.4) is 0 Å². The maximum atomic E-state index is 4.78. The summed E-state index contributed by atoms with van der Waals surface area (Å²) < 4.78 is 1.12. The van der Waals surface area contributed by atoms with Crippen molar-refractivity contribution in [2.24, 2.45) is 10.9 Å². The number of rotatable bonds is 1. The van der Waals surface area contributed by atoms with Gasteiger partial charge in [-0.3, -0.25) is 4.99 Å². The minimum absolute atomic E-state index is 0.473. The first-order chi connectivity index (χ1) is 8.19. The molecule has 2 heteroatoms. The second kappa shape index (κ2) is 3.95. The highest BCUT2D eigenvalue weighted by molar-refractivity contribution is 9.10. The van der Waals surface area contributed by atoms with Gasteiger partial charge in [0.1, 0.15) is 0 Å². The van der Waals surface area contributed by atoms with E-state index in [1.807, 2.05) is 0 Å². The molecule has 0 radical (unpaired) electrons. The lowest BCUT2D eigenvalue weighted by Gasteiger charge is -2.18. The maximum Gasteiger partial charge on any atom is 0.0713 e. The molecule has 3 rings (SSSR count). The molecule has 2 aliphatic rings. The number of nitrogens with zero attached hydrogens (tertiary/aromatic N) is 1. The summed E-state index contributed by atoms with van der Waals surface area (Å²) in [5.41, 5.74) is 6.27. The Morgan fingerprint density at radius 1 is 1.35 bits per heavy atom. The molecule has 1 atom stereocenters. The van der Waals surface area contributed by atoms with Crippen molar-refractivity contribution in [1.29, 1.82) is 0 Å². The molecule has 1 aromatic rings. The standard InChI is InChI=1S/C15H14BrN/c1-3-10-6-9(2)7-13-12-8-11(16)4-5-14(12)17-15(10)13/h4-8,10H,3H2,1-2H3. The second-order valence-electron chi connectivity index (χ2n) is 4.64. The molecule has 1 nitrogen and oxygen atoms in total. The van der Waals surface area contributed by atoms with Gasteiger partial charge >= 0.3 is 0 Å². The summed E-state index contributed by atoms with van der Waals surface area (Å²) in [6.45, 7) is 4.39. The summed E-state index contributed by atoms with van der Waals surface area (Å²) in [7, 11) is 0. The number of allylic oxidation sites excluding steroid dienone is 4. The van der Waals surface area contributed by atoms with E-state index in [0.717, 1.165) is 16.6 Å². The van der Waals surface area contributed by atoms with E-state index in [0.29, 0.717) is 5.92 Å². The molecule has 0 N–H and O–H groups in total. The van der Waals surface area contributed by atoms with Gasteiger partial charge in [-0.2, -0.15) is 0 Å².